The Balaban J connectivity index is 2.02. The van der Waals surface area contributed by atoms with E-state index in [9.17, 15) is 4.79 Å². The van der Waals surface area contributed by atoms with E-state index in [1.54, 1.807) is 18.2 Å². The molecule has 0 atom stereocenters. The molecule has 19 heavy (non-hydrogen) atoms. The molecule has 0 radical (unpaired) electrons. The SMILES string of the molecule is Cc1cccc(C(=O)c2ccc3c(c2)OCO3)c1C. The monoisotopic (exact) mass is 254 g/mol. The lowest BCUT2D eigenvalue weighted by atomic mass is 9.96. The van der Waals surface area contributed by atoms with Gasteiger partial charge in [-0.1, -0.05) is 18.2 Å². The van der Waals surface area contributed by atoms with E-state index in [0.717, 1.165) is 16.7 Å². The Morgan fingerprint density at radius 2 is 1.84 bits per heavy atom. The summed E-state index contributed by atoms with van der Waals surface area (Å²) in [5.74, 6) is 1.34. The molecule has 3 heteroatoms. The van der Waals surface area contributed by atoms with Gasteiger partial charge in [0.25, 0.3) is 0 Å². The van der Waals surface area contributed by atoms with E-state index in [0.29, 0.717) is 17.1 Å². The maximum absolute atomic E-state index is 12.5. The second-order valence-corrected chi connectivity index (χ2v) is 4.64. The van der Waals surface area contributed by atoms with Crippen LogP contribution in [0.15, 0.2) is 36.4 Å². The number of rotatable bonds is 2. The van der Waals surface area contributed by atoms with Crippen molar-refractivity contribution in [1.82, 2.24) is 0 Å². The maximum Gasteiger partial charge on any atom is 0.231 e. The van der Waals surface area contributed by atoms with Crippen LogP contribution in [0.4, 0.5) is 0 Å². The predicted molar refractivity (Wildman–Crippen MR) is 71.9 cm³/mol. The van der Waals surface area contributed by atoms with Gasteiger partial charge in [-0.3, -0.25) is 4.79 Å². The van der Waals surface area contributed by atoms with Crippen LogP contribution in [0.3, 0.4) is 0 Å². The molecular weight excluding hydrogens is 240 g/mol. The molecule has 0 bridgehead atoms. The molecule has 0 saturated carbocycles. The average Bonchev–Trinajstić information content (AvgIpc) is 2.88. The third kappa shape index (κ3) is 1.97. The summed E-state index contributed by atoms with van der Waals surface area (Å²) in [6.45, 7) is 4.19. The van der Waals surface area contributed by atoms with Gasteiger partial charge >= 0.3 is 0 Å². The first-order chi connectivity index (χ1) is 9.16. The van der Waals surface area contributed by atoms with Crippen LogP contribution in [0.25, 0.3) is 0 Å². The standard InChI is InChI=1S/C16H14O3/c1-10-4-3-5-13(11(10)2)16(17)12-6-7-14-15(8-12)19-9-18-14/h3-8H,9H2,1-2H3. The van der Waals surface area contributed by atoms with Gasteiger partial charge in [0.2, 0.25) is 6.79 Å². The summed E-state index contributed by atoms with van der Waals surface area (Å²) in [5, 5.41) is 0. The molecule has 1 aliphatic heterocycles. The van der Waals surface area contributed by atoms with Crippen LogP contribution in [0.5, 0.6) is 11.5 Å². The molecule has 0 aromatic heterocycles. The number of carbonyl (C=O) groups is 1. The van der Waals surface area contributed by atoms with E-state index in [1.165, 1.54) is 0 Å². The zero-order valence-corrected chi connectivity index (χ0v) is 10.9. The second kappa shape index (κ2) is 4.43. The third-order valence-electron chi connectivity index (χ3n) is 3.48. The van der Waals surface area contributed by atoms with Gasteiger partial charge in [-0.05, 0) is 43.2 Å². The largest absolute Gasteiger partial charge is 0.454 e. The molecule has 3 nitrogen and oxygen atoms in total. The average molecular weight is 254 g/mol. The number of ketones is 1. The molecule has 96 valence electrons. The van der Waals surface area contributed by atoms with Crippen LogP contribution in [0.1, 0.15) is 27.0 Å². The van der Waals surface area contributed by atoms with Crippen molar-refractivity contribution < 1.29 is 14.3 Å². The van der Waals surface area contributed by atoms with Crippen LogP contribution in [-0.2, 0) is 0 Å². The van der Waals surface area contributed by atoms with Gasteiger partial charge in [-0.2, -0.15) is 0 Å². The third-order valence-corrected chi connectivity index (χ3v) is 3.48. The summed E-state index contributed by atoms with van der Waals surface area (Å²) >= 11 is 0. The maximum atomic E-state index is 12.5. The van der Waals surface area contributed by atoms with E-state index in [2.05, 4.69) is 0 Å². The smallest absolute Gasteiger partial charge is 0.231 e. The number of benzene rings is 2. The van der Waals surface area contributed by atoms with Crippen molar-refractivity contribution in [2.24, 2.45) is 0 Å². The highest BCUT2D eigenvalue weighted by Crippen LogP contribution is 2.33. The first-order valence-corrected chi connectivity index (χ1v) is 6.17. The van der Waals surface area contributed by atoms with Gasteiger partial charge in [0.1, 0.15) is 0 Å². The Hall–Kier alpha value is -2.29. The van der Waals surface area contributed by atoms with Gasteiger partial charge in [0.05, 0.1) is 0 Å². The predicted octanol–water partition coefficient (Wildman–Crippen LogP) is 3.26. The Morgan fingerprint density at radius 1 is 1.05 bits per heavy atom. The van der Waals surface area contributed by atoms with Crippen LogP contribution in [-0.4, -0.2) is 12.6 Å². The number of hydrogen-bond donors (Lipinski definition) is 0. The van der Waals surface area contributed by atoms with Crippen molar-refractivity contribution in [3.05, 3.63) is 58.7 Å². The van der Waals surface area contributed by atoms with Crippen molar-refractivity contribution in [1.29, 1.82) is 0 Å². The fraction of sp³-hybridized carbons (Fsp3) is 0.188. The fourth-order valence-electron chi connectivity index (χ4n) is 2.19. The normalized spacial score (nSPS) is 12.5. The molecule has 0 spiro atoms. The van der Waals surface area contributed by atoms with Crippen LogP contribution >= 0.6 is 0 Å². The summed E-state index contributed by atoms with van der Waals surface area (Å²) in [6, 6.07) is 11.1. The lowest BCUT2D eigenvalue weighted by Crippen LogP contribution is -2.04. The van der Waals surface area contributed by atoms with E-state index in [4.69, 9.17) is 9.47 Å². The Labute approximate surface area is 111 Å². The Bertz CT molecular complexity index is 659. The minimum absolute atomic E-state index is 0.0134. The van der Waals surface area contributed by atoms with Gasteiger partial charge in [-0.25, -0.2) is 0 Å². The summed E-state index contributed by atoms with van der Waals surface area (Å²) in [7, 11) is 0. The molecule has 0 fully saturated rings. The molecule has 0 unspecified atom stereocenters. The number of aryl methyl sites for hydroxylation is 1. The molecule has 1 aliphatic rings. The highest BCUT2D eigenvalue weighted by atomic mass is 16.7. The van der Waals surface area contributed by atoms with Gasteiger partial charge in [-0.15, -0.1) is 0 Å². The molecule has 1 heterocycles. The topological polar surface area (TPSA) is 35.5 Å². The van der Waals surface area contributed by atoms with Gasteiger partial charge < -0.3 is 9.47 Å². The molecule has 0 aliphatic carbocycles. The minimum Gasteiger partial charge on any atom is -0.454 e. The zero-order chi connectivity index (χ0) is 13.4. The number of fused-ring (bicyclic) bond motifs is 1. The first-order valence-electron chi connectivity index (χ1n) is 6.17. The van der Waals surface area contributed by atoms with Crippen LogP contribution in [0, 0.1) is 13.8 Å². The molecule has 2 aromatic carbocycles. The van der Waals surface area contributed by atoms with Gasteiger partial charge in [0, 0.05) is 11.1 Å². The Kier molecular flexibility index (Phi) is 2.75. The second-order valence-electron chi connectivity index (χ2n) is 4.64. The minimum atomic E-state index is 0.0134. The quantitative estimate of drug-likeness (QED) is 0.772. The molecular formula is C16H14O3. The van der Waals surface area contributed by atoms with Crippen molar-refractivity contribution in [2.75, 3.05) is 6.79 Å². The van der Waals surface area contributed by atoms with E-state index in [1.807, 2.05) is 32.0 Å². The highest BCUT2D eigenvalue weighted by molar-refractivity contribution is 6.10. The number of hydrogen-bond acceptors (Lipinski definition) is 3. The molecule has 3 rings (SSSR count). The van der Waals surface area contributed by atoms with Crippen molar-refractivity contribution >= 4 is 5.78 Å². The number of carbonyl (C=O) groups excluding carboxylic acids is 1. The van der Waals surface area contributed by atoms with Gasteiger partial charge in [0.15, 0.2) is 17.3 Å². The van der Waals surface area contributed by atoms with E-state index in [-0.39, 0.29) is 12.6 Å². The lowest BCUT2D eigenvalue weighted by molar-refractivity contribution is 0.103. The molecule has 0 saturated heterocycles. The summed E-state index contributed by atoms with van der Waals surface area (Å²) < 4.78 is 10.6. The first kappa shape index (κ1) is 11.8. The Morgan fingerprint density at radius 3 is 2.68 bits per heavy atom. The lowest BCUT2D eigenvalue weighted by Gasteiger charge is -2.08. The summed E-state index contributed by atoms with van der Waals surface area (Å²) in [4.78, 5) is 12.5. The van der Waals surface area contributed by atoms with Crippen molar-refractivity contribution in [3.63, 3.8) is 0 Å². The summed E-state index contributed by atoms with van der Waals surface area (Å²) in [6.07, 6.45) is 0. The number of ether oxygens (including phenoxy) is 2. The zero-order valence-electron chi connectivity index (χ0n) is 10.9. The molecule has 2 aromatic rings. The fourth-order valence-corrected chi connectivity index (χ4v) is 2.19. The molecule has 0 amide bonds. The highest BCUT2D eigenvalue weighted by Gasteiger charge is 2.18. The summed E-state index contributed by atoms with van der Waals surface area (Å²) in [5.41, 5.74) is 3.49. The van der Waals surface area contributed by atoms with E-state index >= 15 is 0 Å². The van der Waals surface area contributed by atoms with Crippen LogP contribution in [0.2, 0.25) is 0 Å². The van der Waals surface area contributed by atoms with E-state index < -0.39 is 0 Å². The van der Waals surface area contributed by atoms with Crippen LogP contribution < -0.4 is 9.47 Å². The molecule has 0 N–H and O–H groups in total. The van der Waals surface area contributed by atoms with Crippen molar-refractivity contribution in [3.8, 4) is 11.5 Å². The van der Waals surface area contributed by atoms with Crippen molar-refractivity contribution in [2.45, 2.75) is 13.8 Å².